The van der Waals surface area contributed by atoms with Gasteiger partial charge in [0.15, 0.2) is 0 Å². The standard InChI is InChI=1S/C35H44ClN7O2/c1-3-31(44)43-20-19-42(21-26(43)7-15-37)32-27-8-16-41(30-6-4-5-28(36)25(30)2)22-29(27)38-33(39-32)45-24-35(11-12-35)23-40-17-13-34(9-10-34)14-18-40/h3-6,26H,1,7-14,16-24H2,2H3. The second kappa shape index (κ2) is 12.1. The minimum absolute atomic E-state index is 0.132. The number of nitriles is 1. The van der Waals surface area contributed by atoms with Crippen LogP contribution in [0.15, 0.2) is 30.9 Å². The number of fused-ring (bicyclic) bond motifs is 1. The Bertz CT molecular complexity index is 1500. The summed E-state index contributed by atoms with van der Waals surface area (Å²) < 4.78 is 6.52. The van der Waals surface area contributed by atoms with E-state index in [-0.39, 0.29) is 23.8 Å². The minimum Gasteiger partial charge on any atom is -0.463 e. The first-order valence-electron chi connectivity index (χ1n) is 16.6. The van der Waals surface area contributed by atoms with Crippen LogP contribution < -0.4 is 14.5 Å². The van der Waals surface area contributed by atoms with E-state index in [1.54, 1.807) is 4.90 Å². The van der Waals surface area contributed by atoms with Gasteiger partial charge in [-0.15, -0.1) is 0 Å². The number of rotatable bonds is 9. The summed E-state index contributed by atoms with van der Waals surface area (Å²) in [6.07, 6.45) is 10.3. The molecule has 2 saturated heterocycles. The zero-order valence-electron chi connectivity index (χ0n) is 26.4. The Labute approximate surface area is 271 Å². The van der Waals surface area contributed by atoms with Crippen molar-refractivity contribution in [1.29, 1.82) is 5.26 Å². The lowest BCUT2D eigenvalue weighted by Gasteiger charge is -2.42. The molecule has 7 rings (SSSR count). The molecule has 238 valence electrons. The summed E-state index contributed by atoms with van der Waals surface area (Å²) >= 11 is 6.51. The normalized spacial score (nSPS) is 23.3. The zero-order valence-corrected chi connectivity index (χ0v) is 27.2. The predicted octanol–water partition coefficient (Wildman–Crippen LogP) is 5.15. The van der Waals surface area contributed by atoms with Crippen LogP contribution in [0.4, 0.5) is 11.5 Å². The van der Waals surface area contributed by atoms with Crippen molar-refractivity contribution in [1.82, 2.24) is 19.8 Å². The topological polar surface area (TPSA) is 88.8 Å². The molecule has 2 saturated carbocycles. The van der Waals surface area contributed by atoms with Gasteiger partial charge in [0, 0.05) is 54.4 Å². The third kappa shape index (κ3) is 6.24. The lowest BCUT2D eigenvalue weighted by molar-refractivity contribution is -0.128. The molecule has 1 aromatic heterocycles. The number of carbonyl (C=O) groups excluding carboxylic acids is 1. The van der Waals surface area contributed by atoms with E-state index in [9.17, 15) is 10.1 Å². The quantitative estimate of drug-likeness (QED) is 0.352. The zero-order chi connectivity index (χ0) is 31.2. The van der Waals surface area contributed by atoms with Gasteiger partial charge in [0.2, 0.25) is 5.91 Å². The fourth-order valence-corrected chi connectivity index (χ4v) is 7.84. The third-order valence-corrected chi connectivity index (χ3v) is 11.5. The Morgan fingerprint density at radius 1 is 1.11 bits per heavy atom. The molecule has 1 amide bonds. The summed E-state index contributed by atoms with van der Waals surface area (Å²) in [5.41, 5.74) is 5.15. The van der Waals surface area contributed by atoms with Crippen LogP contribution in [0.5, 0.6) is 6.01 Å². The Morgan fingerprint density at radius 3 is 2.62 bits per heavy atom. The van der Waals surface area contributed by atoms with Crippen LogP contribution in [0.2, 0.25) is 5.02 Å². The van der Waals surface area contributed by atoms with Gasteiger partial charge in [0.25, 0.3) is 0 Å². The molecule has 1 unspecified atom stereocenters. The van der Waals surface area contributed by atoms with Gasteiger partial charge >= 0.3 is 6.01 Å². The van der Waals surface area contributed by atoms with Crippen molar-refractivity contribution in [3.63, 3.8) is 0 Å². The summed E-state index contributed by atoms with van der Waals surface area (Å²) in [6.45, 7) is 13.0. The number of hydrogen-bond donors (Lipinski definition) is 0. The molecular weight excluding hydrogens is 586 g/mol. The van der Waals surface area contributed by atoms with Crippen molar-refractivity contribution in [2.24, 2.45) is 10.8 Å². The van der Waals surface area contributed by atoms with E-state index in [0.29, 0.717) is 44.2 Å². The summed E-state index contributed by atoms with van der Waals surface area (Å²) in [5, 5.41) is 10.3. The molecule has 1 atom stereocenters. The number of halogens is 1. The molecule has 9 nitrogen and oxygen atoms in total. The number of amides is 1. The van der Waals surface area contributed by atoms with Crippen molar-refractivity contribution < 1.29 is 9.53 Å². The van der Waals surface area contributed by atoms with E-state index in [2.05, 4.69) is 40.3 Å². The average molecular weight is 630 g/mol. The number of benzene rings is 1. The third-order valence-electron chi connectivity index (χ3n) is 11.1. The lowest BCUT2D eigenvalue weighted by Crippen LogP contribution is -2.55. The summed E-state index contributed by atoms with van der Waals surface area (Å²) in [7, 11) is 0. The Hall–Kier alpha value is -3.35. The molecule has 2 aliphatic carbocycles. The average Bonchev–Trinajstić information content (AvgIpc) is 4.00. The molecule has 0 bridgehead atoms. The van der Waals surface area contributed by atoms with Gasteiger partial charge in [-0.1, -0.05) is 24.2 Å². The van der Waals surface area contributed by atoms with Crippen LogP contribution in [0, 0.1) is 29.1 Å². The lowest BCUT2D eigenvalue weighted by atomic mass is 9.93. The van der Waals surface area contributed by atoms with Gasteiger partial charge in [-0.2, -0.15) is 15.2 Å². The van der Waals surface area contributed by atoms with Crippen molar-refractivity contribution in [3.8, 4) is 12.1 Å². The van der Waals surface area contributed by atoms with E-state index in [4.69, 9.17) is 26.3 Å². The van der Waals surface area contributed by atoms with Gasteiger partial charge in [-0.25, -0.2) is 0 Å². The Balaban J connectivity index is 1.13. The minimum atomic E-state index is -0.229. The predicted molar refractivity (Wildman–Crippen MR) is 176 cm³/mol. The first-order chi connectivity index (χ1) is 21.8. The number of piperazine rings is 1. The summed E-state index contributed by atoms with van der Waals surface area (Å²) in [5.74, 6) is 0.744. The first kappa shape index (κ1) is 30.3. The van der Waals surface area contributed by atoms with E-state index in [1.165, 1.54) is 57.7 Å². The van der Waals surface area contributed by atoms with Crippen molar-refractivity contribution in [2.45, 2.75) is 70.9 Å². The Morgan fingerprint density at radius 2 is 1.91 bits per heavy atom. The second-order valence-corrected chi connectivity index (χ2v) is 14.5. The molecule has 1 aromatic carbocycles. The van der Waals surface area contributed by atoms with Gasteiger partial charge in [0.05, 0.1) is 37.4 Å². The Kier molecular flexibility index (Phi) is 8.16. The summed E-state index contributed by atoms with van der Waals surface area (Å²) in [4.78, 5) is 31.7. The molecule has 1 spiro atoms. The highest BCUT2D eigenvalue weighted by atomic mass is 35.5. The van der Waals surface area contributed by atoms with Crippen LogP contribution in [0.25, 0.3) is 0 Å². The van der Waals surface area contributed by atoms with Crippen LogP contribution in [-0.4, -0.2) is 84.1 Å². The molecule has 3 aliphatic heterocycles. The van der Waals surface area contributed by atoms with E-state index >= 15 is 0 Å². The number of hydrogen-bond acceptors (Lipinski definition) is 8. The number of aromatic nitrogens is 2. The van der Waals surface area contributed by atoms with Crippen LogP contribution in [0.3, 0.4) is 0 Å². The fourth-order valence-electron chi connectivity index (χ4n) is 7.67. The molecule has 4 heterocycles. The highest BCUT2D eigenvalue weighted by molar-refractivity contribution is 6.31. The maximum absolute atomic E-state index is 12.6. The van der Waals surface area contributed by atoms with E-state index < -0.39 is 0 Å². The number of ether oxygens (including phenoxy) is 1. The highest BCUT2D eigenvalue weighted by Crippen LogP contribution is 2.54. The molecule has 0 radical (unpaired) electrons. The van der Waals surface area contributed by atoms with Gasteiger partial charge in [-0.05, 0) is 94.1 Å². The van der Waals surface area contributed by atoms with Crippen molar-refractivity contribution in [2.75, 3.05) is 62.2 Å². The van der Waals surface area contributed by atoms with E-state index in [0.717, 1.165) is 52.9 Å². The molecule has 5 aliphatic rings. The summed E-state index contributed by atoms with van der Waals surface area (Å²) in [6, 6.07) is 8.53. The number of carbonyl (C=O) groups is 1. The smallest absolute Gasteiger partial charge is 0.318 e. The molecular formula is C35H44ClN7O2. The molecule has 10 heteroatoms. The monoisotopic (exact) mass is 629 g/mol. The van der Waals surface area contributed by atoms with Crippen molar-refractivity contribution in [3.05, 3.63) is 52.7 Å². The second-order valence-electron chi connectivity index (χ2n) is 14.1. The SMILES string of the molecule is C=CC(=O)N1CCN(c2nc(OCC3(CN4CCC5(CC4)CC5)CC3)nc3c2CCN(c2cccc(Cl)c2C)C3)CC1CC#N. The van der Waals surface area contributed by atoms with Crippen LogP contribution in [-0.2, 0) is 17.8 Å². The first-order valence-corrected chi connectivity index (χ1v) is 17.0. The highest BCUT2D eigenvalue weighted by Gasteiger charge is 2.49. The molecule has 0 N–H and O–H groups in total. The number of anilines is 2. The van der Waals surface area contributed by atoms with Gasteiger partial charge in [-0.3, -0.25) is 4.79 Å². The van der Waals surface area contributed by atoms with Gasteiger partial charge < -0.3 is 24.3 Å². The number of likely N-dealkylation sites (tertiary alicyclic amines) is 1. The molecule has 4 fully saturated rings. The maximum atomic E-state index is 12.6. The molecule has 2 aromatic rings. The number of piperidine rings is 1. The maximum Gasteiger partial charge on any atom is 0.318 e. The molecule has 45 heavy (non-hydrogen) atoms. The van der Waals surface area contributed by atoms with Gasteiger partial charge in [0.1, 0.15) is 5.82 Å². The largest absolute Gasteiger partial charge is 0.463 e. The van der Waals surface area contributed by atoms with Crippen molar-refractivity contribution >= 4 is 29.0 Å². The van der Waals surface area contributed by atoms with Crippen LogP contribution >= 0.6 is 11.6 Å². The van der Waals surface area contributed by atoms with E-state index in [1.807, 2.05) is 12.1 Å². The fraction of sp³-hybridized carbons (Fsp3) is 0.600. The van der Waals surface area contributed by atoms with Crippen LogP contribution in [0.1, 0.15) is 61.8 Å². The number of nitrogens with zero attached hydrogens (tertiary/aromatic N) is 7.